The molecule has 0 unspecified atom stereocenters. The lowest BCUT2D eigenvalue weighted by atomic mass is 10.3. The number of nitrogens with two attached hydrogens (primary N) is 1. The van der Waals surface area contributed by atoms with Crippen molar-refractivity contribution in [3.8, 4) is 17.2 Å². The second-order valence-corrected chi connectivity index (χ2v) is 6.32. The van der Waals surface area contributed by atoms with Crippen molar-refractivity contribution in [2.24, 2.45) is 5.73 Å². The molecular formula is C12H9BrClF2N5O3S. The van der Waals surface area contributed by atoms with Crippen LogP contribution < -0.4 is 11.5 Å². The van der Waals surface area contributed by atoms with Gasteiger partial charge in [0.05, 0.1) is 10.2 Å². The highest BCUT2D eigenvalue weighted by molar-refractivity contribution is 9.10. The molecular weight excluding hydrogens is 448 g/mol. The van der Waals surface area contributed by atoms with E-state index in [1.54, 1.807) is 0 Å². The van der Waals surface area contributed by atoms with Crippen LogP contribution in [0.15, 0.2) is 35.6 Å². The van der Waals surface area contributed by atoms with Gasteiger partial charge in [0.1, 0.15) is 11.6 Å². The van der Waals surface area contributed by atoms with Gasteiger partial charge < -0.3 is 5.73 Å². The molecule has 2 N–H and O–H groups in total. The fourth-order valence-electron chi connectivity index (χ4n) is 1.86. The maximum absolute atomic E-state index is 14.1. The Labute approximate surface area is 157 Å². The zero-order valence-corrected chi connectivity index (χ0v) is 15.3. The number of aromatic nitrogens is 4. The Morgan fingerprint density at radius 1 is 1.24 bits per heavy atom. The maximum atomic E-state index is 14.1. The van der Waals surface area contributed by atoms with Gasteiger partial charge in [0.2, 0.25) is 5.82 Å². The average Bonchev–Trinajstić information content (AvgIpc) is 3.15. The lowest BCUT2D eigenvalue weighted by Gasteiger charge is -2.06. The summed E-state index contributed by atoms with van der Waals surface area (Å²) in [5.41, 5.74) is 5.25. The second-order valence-electron chi connectivity index (χ2n) is 4.38. The summed E-state index contributed by atoms with van der Waals surface area (Å²) in [5, 5.41) is 11.3. The van der Waals surface area contributed by atoms with Crippen molar-refractivity contribution in [2.75, 3.05) is 12.3 Å². The monoisotopic (exact) mass is 455 g/mol. The minimum atomic E-state index is -0.977. The van der Waals surface area contributed by atoms with Crippen molar-refractivity contribution in [2.45, 2.75) is 5.03 Å². The van der Waals surface area contributed by atoms with E-state index >= 15 is 0 Å². The molecule has 13 heteroatoms. The summed E-state index contributed by atoms with van der Waals surface area (Å²) in [6, 6.07) is 1.72. The molecule has 3 rings (SSSR count). The molecule has 0 spiro atoms. The van der Waals surface area contributed by atoms with Crippen molar-refractivity contribution < 1.29 is 17.9 Å². The zero-order chi connectivity index (χ0) is 17.3. The average molecular weight is 457 g/mol. The van der Waals surface area contributed by atoms with Crippen molar-refractivity contribution in [3.05, 3.63) is 38.8 Å². The highest BCUT2D eigenvalue weighted by Gasteiger charge is 2.25. The van der Waals surface area contributed by atoms with Gasteiger partial charge in [0.15, 0.2) is 10.7 Å². The topological polar surface area (TPSA) is 113 Å². The van der Waals surface area contributed by atoms with Crippen LogP contribution in [0.4, 0.5) is 8.78 Å². The second kappa shape index (κ2) is 8.08. The van der Waals surface area contributed by atoms with E-state index < -0.39 is 17.4 Å². The Morgan fingerprint density at radius 2 is 2.00 bits per heavy atom. The first-order valence-electron chi connectivity index (χ1n) is 6.42. The molecule has 134 valence electrons. The Kier molecular flexibility index (Phi) is 6.32. The Balaban J connectivity index is 0.00000225. The minimum Gasteiger partial charge on any atom is -0.330 e. The maximum Gasteiger partial charge on any atom is 0.446 e. The van der Waals surface area contributed by atoms with Crippen LogP contribution in [0.5, 0.6) is 0 Å². The number of thioether (sulfide) groups is 1. The standard InChI is InChI=1S/C12H8BrF2N5O3S.ClH/c13-5-3-8(7(15)4-6(5)14)20-10(18-22-12(20)21)9-11(19-23-17-9)24-2-1-16;/h3-4H,1-2,16H2;1H. The Morgan fingerprint density at radius 3 is 2.72 bits per heavy atom. The third-order valence-corrected chi connectivity index (χ3v) is 4.45. The lowest BCUT2D eigenvalue weighted by Crippen LogP contribution is -2.15. The number of hydrogen-bond acceptors (Lipinski definition) is 8. The largest absolute Gasteiger partial charge is 0.446 e. The Bertz CT molecular complexity index is 947. The van der Waals surface area contributed by atoms with Crippen LogP contribution in [-0.2, 0) is 0 Å². The summed E-state index contributed by atoms with van der Waals surface area (Å²) in [6.07, 6.45) is 0. The minimum absolute atomic E-state index is 0. The molecule has 0 radical (unpaired) electrons. The molecule has 0 saturated carbocycles. The summed E-state index contributed by atoms with van der Waals surface area (Å²) in [7, 11) is 0. The Hall–Kier alpha value is -1.76. The van der Waals surface area contributed by atoms with E-state index in [0.717, 1.165) is 10.6 Å². The molecule has 0 aliphatic heterocycles. The van der Waals surface area contributed by atoms with Gasteiger partial charge in [-0.05, 0) is 32.3 Å². The molecule has 0 aliphatic rings. The van der Waals surface area contributed by atoms with Crippen LogP contribution in [0.2, 0.25) is 0 Å². The molecule has 1 aromatic carbocycles. The molecule has 0 saturated heterocycles. The fraction of sp³-hybridized carbons (Fsp3) is 0.167. The molecule has 2 aromatic heterocycles. The third kappa shape index (κ3) is 3.76. The summed E-state index contributed by atoms with van der Waals surface area (Å²) in [6.45, 7) is 0.377. The van der Waals surface area contributed by atoms with Gasteiger partial charge in [0, 0.05) is 18.4 Å². The molecule has 0 bridgehead atoms. The fourth-order valence-corrected chi connectivity index (χ4v) is 2.86. The van der Waals surface area contributed by atoms with Gasteiger partial charge >= 0.3 is 5.76 Å². The first-order valence-corrected chi connectivity index (χ1v) is 8.20. The zero-order valence-electron chi connectivity index (χ0n) is 12.1. The van der Waals surface area contributed by atoms with Crippen LogP contribution >= 0.6 is 40.1 Å². The number of hydrogen-bond donors (Lipinski definition) is 1. The van der Waals surface area contributed by atoms with Crippen molar-refractivity contribution in [3.63, 3.8) is 0 Å². The predicted molar refractivity (Wildman–Crippen MR) is 90.0 cm³/mol. The van der Waals surface area contributed by atoms with E-state index in [-0.39, 0.29) is 34.1 Å². The molecule has 8 nitrogen and oxygen atoms in total. The van der Waals surface area contributed by atoms with Gasteiger partial charge in [-0.25, -0.2) is 22.8 Å². The van der Waals surface area contributed by atoms with Crippen LogP contribution in [0, 0.1) is 11.6 Å². The quantitative estimate of drug-likeness (QED) is 0.460. The molecule has 0 aliphatic carbocycles. The van der Waals surface area contributed by atoms with Crippen molar-refractivity contribution in [1.29, 1.82) is 0 Å². The molecule has 3 aromatic rings. The first-order chi connectivity index (χ1) is 11.5. The van der Waals surface area contributed by atoms with E-state index in [0.29, 0.717) is 23.4 Å². The van der Waals surface area contributed by atoms with Gasteiger partial charge in [0.25, 0.3) is 0 Å². The third-order valence-electron chi connectivity index (χ3n) is 2.86. The van der Waals surface area contributed by atoms with E-state index in [9.17, 15) is 13.6 Å². The van der Waals surface area contributed by atoms with Gasteiger partial charge in [-0.2, -0.15) is 0 Å². The van der Waals surface area contributed by atoms with E-state index in [1.165, 1.54) is 11.8 Å². The molecule has 25 heavy (non-hydrogen) atoms. The van der Waals surface area contributed by atoms with E-state index in [2.05, 4.69) is 40.6 Å². The first kappa shape index (κ1) is 19.6. The number of rotatable bonds is 5. The highest BCUT2D eigenvalue weighted by Crippen LogP contribution is 2.29. The number of halogens is 4. The summed E-state index contributed by atoms with van der Waals surface area (Å²) >= 11 is 4.16. The normalized spacial score (nSPS) is 10.7. The van der Waals surface area contributed by atoms with Gasteiger partial charge in [-0.1, -0.05) is 16.9 Å². The molecule has 0 atom stereocenters. The van der Waals surface area contributed by atoms with Crippen LogP contribution in [-0.4, -0.2) is 32.3 Å². The van der Waals surface area contributed by atoms with Crippen LogP contribution in [0.1, 0.15) is 0 Å². The molecule has 2 heterocycles. The molecule has 0 amide bonds. The van der Waals surface area contributed by atoms with Crippen molar-refractivity contribution >= 4 is 40.1 Å². The summed E-state index contributed by atoms with van der Waals surface area (Å²) < 4.78 is 37.6. The number of benzene rings is 1. The van der Waals surface area contributed by atoms with E-state index in [1.807, 2.05) is 0 Å². The highest BCUT2D eigenvalue weighted by atomic mass is 79.9. The van der Waals surface area contributed by atoms with Crippen LogP contribution in [0.3, 0.4) is 0 Å². The number of nitrogens with zero attached hydrogens (tertiary/aromatic N) is 4. The summed E-state index contributed by atoms with van der Waals surface area (Å²) in [4.78, 5) is 12.0. The van der Waals surface area contributed by atoms with E-state index in [4.69, 9.17) is 5.73 Å². The lowest BCUT2D eigenvalue weighted by molar-refractivity contribution is 0.299. The smallest absolute Gasteiger partial charge is 0.330 e. The summed E-state index contributed by atoms with van der Waals surface area (Å²) in [5.74, 6) is -2.38. The van der Waals surface area contributed by atoms with Gasteiger partial charge in [-0.3, -0.25) is 4.52 Å². The van der Waals surface area contributed by atoms with Crippen molar-refractivity contribution in [1.82, 2.24) is 20.0 Å². The van der Waals surface area contributed by atoms with Crippen LogP contribution in [0.25, 0.3) is 17.2 Å². The van der Waals surface area contributed by atoms with Gasteiger partial charge in [-0.15, -0.1) is 12.4 Å². The SMILES string of the molecule is Cl.NCCSc1nonc1-c1noc(=O)n1-c1cc(Br)c(F)cc1F. The predicted octanol–water partition coefficient (Wildman–Crippen LogP) is 2.39. The molecule has 0 fully saturated rings.